The molecule has 1 rings (SSSR count). The van der Waals surface area contributed by atoms with E-state index < -0.39 is 0 Å². The molecule has 0 radical (unpaired) electrons. The largest absolute Gasteiger partial charge is 0.496 e. The minimum Gasteiger partial charge on any atom is -0.496 e. The summed E-state index contributed by atoms with van der Waals surface area (Å²) in [7, 11) is 3.08. The van der Waals surface area contributed by atoms with Crippen LogP contribution in [-0.2, 0) is 11.2 Å². The number of Topliss-reactive ketones (excluding diaryl/α,β-unsaturated/α-hetero) is 1. The van der Waals surface area contributed by atoms with Gasteiger partial charge in [-0.1, -0.05) is 11.6 Å². The Morgan fingerprint density at radius 3 is 2.33 bits per heavy atom. The Bertz CT molecular complexity index is 374. The predicted octanol–water partition coefficient (Wildman–Crippen LogP) is 2.49. The van der Waals surface area contributed by atoms with E-state index in [0.29, 0.717) is 22.9 Å². The van der Waals surface area contributed by atoms with Crippen molar-refractivity contribution >= 4 is 17.4 Å². The van der Waals surface area contributed by atoms with Crippen LogP contribution in [0.15, 0.2) is 12.1 Å². The summed E-state index contributed by atoms with van der Waals surface area (Å²) in [6, 6.07) is 3.38. The van der Waals surface area contributed by atoms with Crippen LogP contribution < -0.4 is 9.47 Å². The number of hydrogen-bond donors (Lipinski definition) is 0. The normalized spacial score (nSPS) is 9.87. The summed E-state index contributed by atoms with van der Waals surface area (Å²) in [5, 5.41) is 0.474. The van der Waals surface area contributed by atoms with E-state index in [1.165, 1.54) is 14.0 Å². The Kier molecular flexibility index (Phi) is 3.97. The molecule has 0 spiro atoms. The molecule has 0 aliphatic carbocycles. The molecule has 82 valence electrons. The third-order valence-corrected chi connectivity index (χ3v) is 2.29. The summed E-state index contributed by atoms with van der Waals surface area (Å²) < 4.78 is 10.2. The lowest BCUT2D eigenvalue weighted by Crippen LogP contribution is -2.00. The first-order valence-corrected chi connectivity index (χ1v) is 4.86. The summed E-state index contributed by atoms with van der Waals surface area (Å²) in [5.41, 5.74) is 0.784. The van der Waals surface area contributed by atoms with Crippen molar-refractivity contribution in [3.8, 4) is 11.5 Å². The number of carbonyl (C=O) groups is 1. The fourth-order valence-electron chi connectivity index (χ4n) is 1.33. The molecule has 0 bridgehead atoms. The lowest BCUT2D eigenvalue weighted by atomic mass is 10.1. The zero-order chi connectivity index (χ0) is 11.4. The molecule has 0 heterocycles. The average Bonchev–Trinajstić information content (AvgIpc) is 2.19. The maximum atomic E-state index is 11.0. The van der Waals surface area contributed by atoms with Crippen molar-refractivity contribution in [2.75, 3.05) is 14.2 Å². The highest BCUT2D eigenvalue weighted by Crippen LogP contribution is 2.32. The molecule has 0 amide bonds. The van der Waals surface area contributed by atoms with E-state index in [4.69, 9.17) is 21.1 Å². The van der Waals surface area contributed by atoms with Crippen LogP contribution in [0.25, 0.3) is 0 Å². The molecular formula is C11H13ClO3. The standard InChI is InChI=1S/C11H13ClO3/c1-7(13)4-8-5-11(15-3)9(12)6-10(8)14-2/h5-6H,4H2,1-3H3. The zero-order valence-corrected chi connectivity index (χ0v) is 9.72. The van der Waals surface area contributed by atoms with Crippen molar-refractivity contribution in [3.63, 3.8) is 0 Å². The highest BCUT2D eigenvalue weighted by molar-refractivity contribution is 6.32. The van der Waals surface area contributed by atoms with E-state index >= 15 is 0 Å². The molecule has 0 aromatic heterocycles. The fourth-order valence-corrected chi connectivity index (χ4v) is 1.56. The van der Waals surface area contributed by atoms with E-state index in [9.17, 15) is 4.79 Å². The molecule has 0 fully saturated rings. The number of benzene rings is 1. The molecule has 0 unspecified atom stereocenters. The number of hydrogen-bond acceptors (Lipinski definition) is 3. The van der Waals surface area contributed by atoms with Crippen LogP contribution in [0.4, 0.5) is 0 Å². The SMILES string of the molecule is COc1cc(CC(C)=O)c(OC)cc1Cl. The van der Waals surface area contributed by atoms with Crippen LogP contribution in [-0.4, -0.2) is 20.0 Å². The predicted molar refractivity (Wildman–Crippen MR) is 58.9 cm³/mol. The lowest BCUT2D eigenvalue weighted by molar-refractivity contribution is -0.116. The van der Waals surface area contributed by atoms with Crippen molar-refractivity contribution in [1.29, 1.82) is 0 Å². The Morgan fingerprint density at radius 2 is 1.87 bits per heavy atom. The summed E-state index contributed by atoms with van der Waals surface area (Å²) in [6.07, 6.45) is 0.316. The first-order chi connectivity index (χ1) is 7.08. The third-order valence-electron chi connectivity index (χ3n) is 1.99. The molecule has 0 saturated carbocycles. The minimum absolute atomic E-state index is 0.0673. The van der Waals surface area contributed by atoms with Gasteiger partial charge in [0, 0.05) is 18.1 Å². The molecule has 0 atom stereocenters. The van der Waals surface area contributed by atoms with E-state index in [2.05, 4.69) is 0 Å². The monoisotopic (exact) mass is 228 g/mol. The zero-order valence-electron chi connectivity index (χ0n) is 8.96. The van der Waals surface area contributed by atoms with Crippen molar-refractivity contribution in [1.82, 2.24) is 0 Å². The van der Waals surface area contributed by atoms with Gasteiger partial charge in [-0.2, -0.15) is 0 Å². The average molecular weight is 229 g/mol. The molecule has 1 aromatic carbocycles. The van der Waals surface area contributed by atoms with Crippen molar-refractivity contribution in [3.05, 3.63) is 22.7 Å². The first-order valence-electron chi connectivity index (χ1n) is 4.48. The number of carbonyl (C=O) groups excluding carboxylic acids is 1. The van der Waals surface area contributed by atoms with E-state index in [1.807, 2.05) is 0 Å². The van der Waals surface area contributed by atoms with Crippen LogP contribution in [0.5, 0.6) is 11.5 Å². The van der Waals surface area contributed by atoms with E-state index in [1.54, 1.807) is 19.2 Å². The van der Waals surface area contributed by atoms with Gasteiger partial charge in [0.2, 0.25) is 0 Å². The topological polar surface area (TPSA) is 35.5 Å². The molecule has 0 aliphatic heterocycles. The Labute approximate surface area is 93.9 Å². The van der Waals surface area contributed by atoms with Crippen LogP contribution in [0.1, 0.15) is 12.5 Å². The van der Waals surface area contributed by atoms with Gasteiger partial charge >= 0.3 is 0 Å². The van der Waals surface area contributed by atoms with Gasteiger partial charge in [0.1, 0.15) is 17.3 Å². The molecule has 0 aliphatic rings. The summed E-state index contributed by atoms with van der Waals surface area (Å²) in [4.78, 5) is 11.0. The van der Waals surface area contributed by atoms with Crippen LogP contribution in [0.3, 0.4) is 0 Å². The van der Waals surface area contributed by atoms with Gasteiger partial charge in [0.15, 0.2) is 0 Å². The molecule has 3 nitrogen and oxygen atoms in total. The lowest BCUT2D eigenvalue weighted by Gasteiger charge is -2.10. The maximum Gasteiger partial charge on any atom is 0.138 e. The van der Waals surface area contributed by atoms with Gasteiger partial charge in [-0.05, 0) is 13.0 Å². The second-order valence-electron chi connectivity index (χ2n) is 3.18. The fraction of sp³-hybridized carbons (Fsp3) is 0.364. The van der Waals surface area contributed by atoms with Gasteiger partial charge in [0.05, 0.1) is 19.2 Å². The Morgan fingerprint density at radius 1 is 1.27 bits per heavy atom. The molecule has 0 N–H and O–H groups in total. The van der Waals surface area contributed by atoms with Crippen LogP contribution in [0, 0.1) is 0 Å². The highest BCUT2D eigenvalue weighted by Gasteiger charge is 2.11. The van der Waals surface area contributed by atoms with E-state index in [-0.39, 0.29) is 5.78 Å². The van der Waals surface area contributed by atoms with Gasteiger partial charge in [-0.15, -0.1) is 0 Å². The Balaban J connectivity index is 3.16. The number of ketones is 1. The first kappa shape index (κ1) is 11.9. The van der Waals surface area contributed by atoms with Crippen molar-refractivity contribution in [2.45, 2.75) is 13.3 Å². The molecular weight excluding hydrogens is 216 g/mol. The third kappa shape index (κ3) is 2.86. The number of rotatable bonds is 4. The number of halogens is 1. The molecule has 15 heavy (non-hydrogen) atoms. The van der Waals surface area contributed by atoms with Gasteiger partial charge in [0.25, 0.3) is 0 Å². The second kappa shape index (κ2) is 5.03. The molecule has 4 heteroatoms. The van der Waals surface area contributed by atoms with Crippen LogP contribution in [0.2, 0.25) is 5.02 Å². The summed E-state index contributed by atoms with van der Waals surface area (Å²) >= 11 is 5.93. The van der Waals surface area contributed by atoms with E-state index in [0.717, 1.165) is 5.56 Å². The molecule has 1 aromatic rings. The molecule has 0 saturated heterocycles. The quantitative estimate of drug-likeness (QED) is 0.794. The smallest absolute Gasteiger partial charge is 0.138 e. The van der Waals surface area contributed by atoms with Crippen molar-refractivity contribution in [2.24, 2.45) is 0 Å². The highest BCUT2D eigenvalue weighted by atomic mass is 35.5. The minimum atomic E-state index is 0.0673. The van der Waals surface area contributed by atoms with Gasteiger partial charge in [-0.3, -0.25) is 4.79 Å². The second-order valence-corrected chi connectivity index (χ2v) is 3.58. The number of methoxy groups -OCH3 is 2. The van der Waals surface area contributed by atoms with Gasteiger partial charge in [-0.25, -0.2) is 0 Å². The van der Waals surface area contributed by atoms with Crippen molar-refractivity contribution < 1.29 is 14.3 Å². The van der Waals surface area contributed by atoms with Crippen LogP contribution >= 0.6 is 11.6 Å². The maximum absolute atomic E-state index is 11.0. The van der Waals surface area contributed by atoms with Gasteiger partial charge < -0.3 is 9.47 Å². The number of ether oxygens (including phenoxy) is 2. The summed E-state index contributed by atoms with van der Waals surface area (Å²) in [5.74, 6) is 1.22. The Hall–Kier alpha value is -1.22. The summed E-state index contributed by atoms with van der Waals surface area (Å²) in [6.45, 7) is 1.53.